The zero-order valence-electron chi connectivity index (χ0n) is 18.9. The van der Waals surface area contributed by atoms with Crippen molar-refractivity contribution in [1.29, 1.82) is 10.5 Å². The van der Waals surface area contributed by atoms with Crippen molar-refractivity contribution in [3.05, 3.63) is 63.5 Å². The number of carbonyl (C=O) groups is 2. The molecule has 0 radical (unpaired) electrons. The summed E-state index contributed by atoms with van der Waals surface area (Å²) in [5.41, 5.74) is -0.983. The number of hydrogen-bond donors (Lipinski definition) is 1. The van der Waals surface area contributed by atoms with Crippen LogP contribution in [-0.4, -0.2) is 29.2 Å². The van der Waals surface area contributed by atoms with Gasteiger partial charge in [-0.1, -0.05) is 42.1 Å². The van der Waals surface area contributed by atoms with Gasteiger partial charge in [0.05, 0.1) is 34.7 Å². The number of hydrogen-bond acceptors (Lipinski definition) is 8. The van der Waals surface area contributed by atoms with Crippen molar-refractivity contribution in [2.45, 2.75) is 25.0 Å². The molecule has 0 aliphatic carbocycles. The number of ether oxygens (including phenoxy) is 1. The van der Waals surface area contributed by atoms with Crippen LogP contribution in [0.3, 0.4) is 0 Å². The molecule has 36 heavy (non-hydrogen) atoms. The zero-order chi connectivity index (χ0) is 26.5. The molecule has 2 heterocycles. The lowest BCUT2D eigenvalue weighted by Gasteiger charge is -2.14. The van der Waals surface area contributed by atoms with Crippen LogP contribution in [0.2, 0.25) is 0 Å². The van der Waals surface area contributed by atoms with Crippen molar-refractivity contribution >= 4 is 40.0 Å². The molecule has 0 saturated carbocycles. The van der Waals surface area contributed by atoms with Crippen molar-refractivity contribution in [2.24, 2.45) is 0 Å². The summed E-state index contributed by atoms with van der Waals surface area (Å²) in [5, 5.41) is 21.3. The second kappa shape index (κ2) is 11.2. The second-order valence-electron chi connectivity index (χ2n) is 7.14. The van der Waals surface area contributed by atoms with Crippen molar-refractivity contribution in [2.75, 3.05) is 17.7 Å². The third-order valence-corrected chi connectivity index (χ3v) is 6.95. The Morgan fingerprint density at radius 1 is 1.17 bits per heavy atom. The first kappa shape index (κ1) is 26.7. The zero-order valence-corrected chi connectivity index (χ0v) is 20.5. The average Bonchev–Trinajstić information content (AvgIpc) is 3.16. The van der Waals surface area contributed by atoms with Gasteiger partial charge in [-0.05, 0) is 25.5 Å². The van der Waals surface area contributed by atoms with Crippen molar-refractivity contribution < 1.29 is 27.5 Å². The van der Waals surface area contributed by atoms with Gasteiger partial charge in [0.15, 0.2) is 0 Å². The molecule has 0 unspecified atom stereocenters. The minimum atomic E-state index is -4.81. The fourth-order valence-corrected chi connectivity index (χ4v) is 5.01. The number of carbonyl (C=O) groups excluding carboxylic acids is 2. The normalized spacial score (nSPS) is 10.9. The minimum Gasteiger partial charge on any atom is -0.462 e. The van der Waals surface area contributed by atoms with Gasteiger partial charge in [-0.25, -0.2) is 9.78 Å². The van der Waals surface area contributed by atoms with Gasteiger partial charge < -0.3 is 10.1 Å². The maximum atomic E-state index is 13.7. The average molecular weight is 531 g/mol. The van der Waals surface area contributed by atoms with Crippen LogP contribution in [0.25, 0.3) is 11.3 Å². The number of benzene rings is 1. The molecular weight excluding hydrogens is 513 g/mol. The number of pyridine rings is 1. The van der Waals surface area contributed by atoms with Gasteiger partial charge >= 0.3 is 12.1 Å². The van der Waals surface area contributed by atoms with Crippen molar-refractivity contribution in [3.63, 3.8) is 0 Å². The van der Waals surface area contributed by atoms with Gasteiger partial charge in [-0.15, -0.1) is 11.3 Å². The number of halogens is 3. The summed E-state index contributed by atoms with van der Waals surface area (Å²) in [6.45, 7) is 3.31. The number of alkyl halides is 3. The van der Waals surface area contributed by atoms with E-state index in [0.717, 1.165) is 17.4 Å². The van der Waals surface area contributed by atoms with E-state index < -0.39 is 34.9 Å². The highest BCUT2D eigenvalue weighted by Gasteiger charge is 2.36. The molecule has 1 aromatic carbocycles. The Morgan fingerprint density at radius 2 is 1.83 bits per heavy atom. The molecule has 184 valence electrons. The Hall–Kier alpha value is -3.87. The number of rotatable bonds is 7. The van der Waals surface area contributed by atoms with Crippen LogP contribution in [0.15, 0.2) is 41.4 Å². The van der Waals surface area contributed by atoms with E-state index in [1.54, 1.807) is 50.2 Å². The van der Waals surface area contributed by atoms with E-state index in [4.69, 9.17) is 4.74 Å². The number of nitrogens with one attached hydrogen (secondary N) is 1. The Labute approximate surface area is 212 Å². The molecule has 1 amide bonds. The summed E-state index contributed by atoms with van der Waals surface area (Å²) in [5.74, 6) is -1.68. The SMILES string of the molecule is CCOC(=O)c1sc(NC(=O)CSc2nc(-c3ccccc3)cc(C(F)(F)F)c2C#N)c(C#N)c1C. The molecule has 12 heteroatoms. The summed E-state index contributed by atoms with van der Waals surface area (Å²) in [6, 6.07) is 12.4. The highest BCUT2D eigenvalue weighted by molar-refractivity contribution is 8.00. The molecule has 0 aliphatic heterocycles. The van der Waals surface area contributed by atoms with Gasteiger partial charge in [0.2, 0.25) is 5.91 Å². The smallest absolute Gasteiger partial charge is 0.417 e. The van der Waals surface area contributed by atoms with Gasteiger partial charge in [-0.3, -0.25) is 4.79 Å². The van der Waals surface area contributed by atoms with Crippen molar-refractivity contribution in [3.8, 4) is 23.4 Å². The Balaban J connectivity index is 1.89. The number of esters is 1. The van der Waals surface area contributed by atoms with E-state index in [1.165, 1.54) is 0 Å². The number of amides is 1. The first-order valence-electron chi connectivity index (χ1n) is 10.3. The van der Waals surface area contributed by atoms with Crippen molar-refractivity contribution in [1.82, 2.24) is 4.98 Å². The Kier molecular flexibility index (Phi) is 8.35. The number of thioether (sulfide) groups is 1. The van der Waals surface area contributed by atoms with Gasteiger partial charge in [0.25, 0.3) is 0 Å². The van der Waals surface area contributed by atoms with Crippen LogP contribution >= 0.6 is 23.1 Å². The minimum absolute atomic E-state index is 0.00422. The summed E-state index contributed by atoms with van der Waals surface area (Å²) in [4.78, 5) is 29.1. The molecule has 0 fully saturated rings. The molecule has 3 aromatic rings. The summed E-state index contributed by atoms with van der Waals surface area (Å²) in [7, 11) is 0. The largest absolute Gasteiger partial charge is 0.462 e. The molecule has 1 N–H and O–H groups in total. The van der Waals surface area contributed by atoms with Crippen LogP contribution in [0, 0.1) is 29.6 Å². The quantitative estimate of drug-likeness (QED) is 0.304. The molecule has 0 spiro atoms. The van der Waals surface area contributed by atoms with Gasteiger partial charge in [0, 0.05) is 5.56 Å². The predicted molar refractivity (Wildman–Crippen MR) is 128 cm³/mol. The summed E-state index contributed by atoms with van der Waals surface area (Å²) < 4.78 is 46.1. The van der Waals surface area contributed by atoms with Crippen LogP contribution in [0.5, 0.6) is 0 Å². The summed E-state index contributed by atoms with van der Waals surface area (Å²) in [6.07, 6.45) is -4.81. The van der Waals surface area contributed by atoms with E-state index in [0.29, 0.717) is 22.9 Å². The fraction of sp³-hybridized carbons (Fsp3) is 0.208. The molecule has 0 atom stereocenters. The number of nitriles is 2. The standard InChI is InChI=1S/C24H17F3N4O3S2/c1-3-34-23(33)20-13(2)15(10-28)22(36-20)31-19(32)12-35-21-16(11-29)17(24(25,26)27)9-18(30-21)14-7-5-4-6-8-14/h4-9H,3,12H2,1-2H3,(H,31,32). The van der Waals surface area contributed by atoms with Crippen LogP contribution in [-0.2, 0) is 15.7 Å². The van der Waals surface area contributed by atoms with Crippen LogP contribution in [0.4, 0.5) is 18.2 Å². The first-order valence-corrected chi connectivity index (χ1v) is 12.1. The van der Waals surface area contributed by atoms with Gasteiger partial charge in [-0.2, -0.15) is 23.7 Å². The topological polar surface area (TPSA) is 116 Å². The van der Waals surface area contributed by atoms with E-state index in [9.17, 15) is 33.3 Å². The molecule has 0 saturated heterocycles. The second-order valence-corrected chi connectivity index (χ2v) is 9.12. The van der Waals surface area contributed by atoms with Gasteiger partial charge in [0.1, 0.15) is 27.0 Å². The fourth-order valence-electron chi connectivity index (χ4n) is 3.14. The highest BCUT2D eigenvalue weighted by Crippen LogP contribution is 2.38. The molecule has 2 aromatic heterocycles. The number of nitrogens with zero attached hydrogens (tertiary/aromatic N) is 3. The lowest BCUT2D eigenvalue weighted by molar-refractivity contribution is -0.138. The monoisotopic (exact) mass is 530 g/mol. The first-order chi connectivity index (χ1) is 17.1. The van der Waals surface area contributed by atoms with E-state index in [2.05, 4.69) is 10.3 Å². The number of aromatic nitrogens is 1. The molecule has 0 aliphatic rings. The molecule has 0 bridgehead atoms. The van der Waals surface area contributed by atoms with Crippen LogP contribution in [0.1, 0.15) is 38.8 Å². The Morgan fingerprint density at radius 3 is 2.42 bits per heavy atom. The molecule has 7 nitrogen and oxygen atoms in total. The lowest BCUT2D eigenvalue weighted by atomic mass is 10.1. The number of thiophene rings is 1. The van der Waals surface area contributed by atoms with E-state index in [1.807, 2.05) is 6.07 Å². The lowest BCUT2D eigenvalue weighted by Crippen LogP contribution is -2.15. The van der Waals surface area contributed by atoms with E-state index in [-0.39, 0.29) is 32.8 Å². The third kappa shape index (κ3) is 5.85. The van der Waals surface area contributed by atoms with Crippen LogP contribution < -0.4 is 5.32 Å². The highest BCUT2D eigenvalue weighted by atomic mass is 32.2. The number of anilines is 1. The molecular formula is C24H17F3N4O3S2. The summed E-state index contributed by atoms with van der Waals surface area (Å²) >= 11 is 1.53. The predicted octanol–water partition coefficient (Wildman–Crippen LogP) is 5.79. The van der Waals surface area contributed by atoms with E-state index >= 15 is 0 Å². The molecule has 3 rings (SSSR count). The third-order valence-electron chi connectivity index (χ3n) is 4.79. The maximum Gasteiger partial charge on any atom is 0.417 e. The Bertz CT molecular complexity index is 1390. The maximum absolute atomic E-state index is 13.7.